The lowest BCUT2D eigenvalue weighted by molar-refractivity contribution is 0.0933. The zero-order valence-corrected chi connectivity index (χ0v) is 12.0. The van der Waals surface area contributed by atoms with Gasteiger partial charge in [0.1, 0.15) is 5.82 Å². The molecule has 19 heavy (non-hydrogen) atoms. The molecule has 0 radical (unpaired) electrons. The van der Waals surface area contributed by atoms with E-state index in [1.165, 1.54) is 18.2 Å². The number of nitrogens with one attached hydrogen (secondary N) is 1. The van der Waals surface area contributed by atoms with Gasteiger partial charge in [0.2, 0.25) is 0 Å². The van der Waals surface area contributed by atoms with Gasteiger partial charge < -0.3 is 5.32 Å². The molecule has 0 aliphatic heterocycles. The highest BCUT2D eigenvalue weighted by Gasteiger charge is 2.24. The van der Waals surface area contributed by atoms with E-state index in [4.69, 9.17) is 23.2 Å². The molecule has 1 aliphatic rings. The maximum absolute atomic E-state index is 13.3. The van der Waals surface area contributed by atoms with E-state index in [2.05, 4.69) is 5.32 Å². The van der Waals surface area contributed by atoms with E-state index >= 15 is 0 Å². The van der Waals surface area contributed by atoms with Crippen LogP contribution in [0.4, 0.5) is 4.39 Å². The van der Waals surface area contributed by atoms with Crippen LogP contribution < -0.4 is 5.32 Å². The molecule has 2 atom stereocenters. The van der Waals surface area contributed by atoms with Crippen molar-refractivity contribution in [1.29, 1.82) is 0 Å². The second-order valence-corrected chi connectivity index (χ2v) is 5.77. The molecule has 1 amide bonds. The average Bonchev–Trinajstić information content (AvgIpc) is 2.58. The zero-order valence-electron chi connectivity index (χ0n) is 10.5. The second kappa shape index (κ2) is 6.58. The Morgan fingerprint density at radius 1 is 1.26 bits per heavy atom. The smallest absolute Gasteiger partial charge is 0.253 e. The van der Waals surface area contributed by atoms with Gasteiger partial charge in [-0.1, -0.05) is 36.9 Å². The largest absolute Gasteiger partial charge is 0.348 e. The van der Waals surface area contributed by atoms with Crippen molar-refractivity contribution in [2.45, 2.75) is 43.5 Å². The van der Waals surface area contributed by atoms with E-state index in [0.717, 1.165) is 32.1 Å². The van der Waals surface area contributed by atoms with Crippen LogP contribution in [-0.4, -0.2) is 17.3 Å². The lowest BCUT2D eigenvalue weighted by Crippen LogP contribution is -2.40. The van der Waals surface area contributed by atoms with Crippen LogP contribution in [0.2, 0.25) is 5.02 Å². The molecule has 1 N–H and O–H groups in total. The van der Waals surface area contributed by atoms with E-state index in [-0.39, 0.29) is 27.9 Å². The van der Waals surface area contributed by atoms with Gasteiger partial charge in [-0.3, -0.25) is 4.79 Å². The molecule has 1 aliphatic carbocycles. The molecule has 2 unspecified atom stereocenters. The molecule has 1 saturated carbocycles. The van der Waals surface area contributed by atoms with Gasteiger partial charge in [0.05, 0.1) is 16.0 Å². The van der Waals surface area contributed by atoms with Crippen molar-refractivity contribution >= 4 is 29.1 Å². The van der Waals surface area contributed by atoms with Crippen LogP contribution in [0.25, 0.3) is 0 Å². The topological polar surface area (TPSA) is 29.1 Å². The molecule has 0 spiro atoms. The van der Waals surface area contributed by atoms with Gasteiger partial charge >= 0.3 is 0 Å². The fraction of sp³-hybridized carbons (Fsp3) is 0.500. The molecule has 1 fully saturated rings. The van der Waals surface area contributed by atoms with Crippen molar-refractivity contribution in [2.24, 2.45) is 0 Å². The predicted octanol–water partition coefficient (Wildman–Crippen LogP) is 4.15. The van der Waals surface area contributed by atoms with Crippen LogP contribution >= 0.6 is 23.2 Å². The Labute approximate surface area is 122 Å². The number of carbonyl (C=O) groups is 1. The molecule has 0 saturated heterocycles. The third-order valence-corrected chi connectivity index (χ3v) is 4.35. The first kappa shape index (κ1) is 14.6. The normalized spacial score (nSPS) is 23.7. The van der Waals surface area contributed by atoms with Gasteiger partial charge in [-0.15, -0.1) is 11.6 Å². The standard InChI is InChI=1S/C14H16Cl2FNO/c15-10-6-2-1-3-8-12(10)18-14(19)9-5-4-7-11(17)13(9)16/h4-5,7,10,12H,1-3,6,8H2,(H,18,19). The van der Waals surface area contributed by atoms with E-state index in [1.54, 1.807) is 0 Å². The first-order chi connectivity index (χ1) is 9.09. The summed E-state index contributed by atoms with van der Waals surface area (Å²) in [5, 5.41) is 2.66. The van der Waals surface area contributed by atoms with Crippen LogP contribution in [0.15, 0.2) is 18.2 Å². The number of rotatable bonds is 2. The Hall–Kier alpha value is -0.800. The molecule has 1 aromatic rings. The Balaban J connectivity index is 2.09. The number of amides is 1. The molecule has 2 rings (SSSR count). The Bertz CT molecular complexity index is 467. The predicted molar refractivity (Wildman–Crippen MR) is 75.4 cm³/mol. The van der Waals surface area contributed by atoms with Crippen LogP contribution in [0.1, 0.15) is 42.5 Å². The summed E-state index contributed by atoms with van der Waals surface area (Å²) in [5.41, 5.74) is 0.162. The molecule has 104 valence electrons. The fourth-order valence-electron chi connectivity index (χ4n) is 2.35. The third kappa shape index (κ3) is 3.61. The fourth-order valence-corrected chi connectivity index (χ4v) is 2.91. The van der Waals surface area contributed by atoms with Crippen LogP contribution in [-0.2, 0) is 0 Å². The molecular formula is C14H16Cl2FNO. The Kier molecular flexibility index (Phi) is 5.06. The lowest BCUT2D eigenvalue weighted by Gasteiger charge is -2.21. The second-order valence-electron chi connectivity index (χ2n) is 4.84. The first-order valence-corrected chi connectivity index (χ1v) is 7.30. The van der Waals surface area contributed by atoms with Crippen LogP contribution in [0, 0.1) is 5.82 Å². The Morgan fingerprint density at radius 3 is 2.79 bits per heavy atom. The summed E-state index contributed by atoms with van der Waals surface area (Å²) in [4.78, 5) is 12.1. The molecule has 0 heterocycles. The number of alkyl halides is 1. The quantitative estimate of drug-likeness (QED) is 0.645. The zero-order chi connectivity index (χ0) is 13.8. The molecule has 0 aromatic heterocycles. The van der Waals surface area contributed by atoms with Crippen LogP contribution in [0.3, 0.4) is 0 Å². The van der Waals surface area contributed by atoms with Gasteiger partial charge in [0.25, 0.3) is 5.91 Å². The van der Waals surface area contributed by atoms with Crippen molar-refractivity contribution in [3.05, 3.63) is 34.6 Å². The maximum atomic E-state index is 13.3. The number of carbonyl (C=O) groups excluding carboxylic acids is 1. The molecule has 2 nitrogen and oxygen atoms in total. The minimum absolute atomic E-state index is 0.0706. The minimum Gasteiger partial charge on any atom is -0.348 e. The van der Waals surface area contributed by atoms with Gasteiger partial charge in [0.15, 0.2) is 0 Å². The molecule has 1 aromatic carbocycles. The monoisotopic (exact) mass is 303 g/mol. The molecule has 5 heteroatoms. The van der Waals surface area contributed by atoms with E-state index in [1.807, 2.05) is 0 Å². The summed E-state index contributed by atoms with van der Waals surface area (Å²) in [6.45, 7) is 0. The van der Waals surface area contributed by atoms with Crippen molar-refractivity contribution in [1.82, 2.24) is 5.32 Å². The number of hydrogen-bond acceptors (Lipinski definition) is 1. The summed E-state index contributed by atoms with van der Waals surface area (Å²) >= 11 is 12.1. The van der Waals surface area contributed by atoms with Gasteiger partial charge in [-0.25, -0.2) is 4.39 Å². The van der Waals surface area contributed by atoms with Crippen molar-refractivity contribution in [3.8, 4) is 0 Å². The summed E-state index contributed by atoms with van der Waals surface area (Å²) in [6.07, 6.45) is 5.01. The molecule has 0 bridgehead atoms. The van der Waals surface area contributed by atoms with Gasteiger partial charge in [-0.05, 0) is 25.0 Å². The van der Waals surface area contributed by atoms with E-state index in [0.29, 0.717) is 0 Å². The van der Waals surface area contributed by atoms with Crippen molar-refractivity contribution in [3.63, 3.8) is 0 Å². The average molecular weight is 304 g/mol. The van der Waals surface area contributed by atoms with E-state index in [9.17, 15) is 9.18 Å². The SMILES string of the molecule is O=C(NC1CCCCCC1Cl)c1cccc(F)c1Cl. The van der Waals surface area contributed by atoms with E-state index < -0.39 is 5.82 Å². The summed E-state index contributed by atoms with van der Waals surface area (Å²) in [5.74, 6) is -0.945. The molecular weight excluding hydrogens is 288 g/mol. The highest BCUT2D eigenvalue weighted by atomic mass is 35.5. The third-order valence-electron chi connectivity index (χ3n) is 3.44. The highest BCUT2D eigenvalue weighted by molar-refractivity contribution is 6.34. The minimum atomic E-state index is -0.586. The van der Waals surface area contributed by atoms with Gasteiger partial charge in [-0.2, -0.15) is 0 Å². The summed E-state index contributed by atoms with van der Waals surface area (Å²) in [7, 11) is 0. The highest BCUT2D eigenvalue weighted by Crippen LogP contribution is 2.24. The lowest BCUT2D eigenvalue weighted by atomic mass is 10.1. The first-order valence-electron chi connectivity index (χ1n) is 6.48. The van der Waals surface area contributed by atoms with Crippen molar-refractivity contribution in [2.75, 3.05) is 0 Å². The van der Waals surface area contributed by atoms with Gasteiger partial charge in [0, 0.05) is 6.04 Å². The number of hydrogen-bond donors (Lipinski definition) is 1. The van der Waals surface area contributed by atoms with Crippen LogP contribution in [0.5, 0.6) is 0 Å². The number of halogens is 3. The maximum Gasteiger partial charge on any atom is 0.253 e. The van der Waals surface area contributed by atoms with Crippen molar-refractivity contribution < 1.29 is 9.18 Å². The summed E-state index contributed by atoms with van der Waals surface area (Å²) in [6, 6.07) is 4.15. The number of benzene rings is 1. The Morgan fingerprint density at radius 2 is 2.00 bits per heavy atom. The summed E-state index contributed by atoms with van der Waals surface area (Å²) < 4.78 is 13.3.